The largest absolute Gasteiger partial charge is 0.501 e. The molecule has 1 rings (SSSR count). The molecule has 0 aliphatic carbocycles. The first kappa shape index (κ1) is 28.3. The highest BCUT2D eigenvalue weighted by atomic mass is 28.4. The minimum absolute atomic E-state index is 0.0927. The fraction of sp³-hybridized carbons (Fsp3) is 0.650. The third-order valence-electron chi connectivity index (χ3n) is 3.93. The average molecular weight is 487 g/mol. The number of rotatable bonds is 12. The van der Waals surface area contributed by atoms with Gasteiger partial charge in [-0.3, -0.25) is 0 Å². The highest BCUT2D eigenvalue weighted by Gasteiger charge is 2.43. The van der Waals surface area contributed by atoms with E-state index in [0.29, 0.717) is 24.6 Å². The first-order valence-corrected chi connectivity index (χ1v) is 12.3. The number of carbonyl (C=O) groups is 1. The van der Waals surface area contributed by atoms with Crippen LogP contribution >= 0.6 is 0 Å². The van der Waals surface area contributed by atoms with Crippen LogP contribution in [0.2, 0.25) is 6.04 Å². The molecule has 184 valence electrons. The van der Waals surface area contributed by atoms with Crippen LogP contribution in [0.4, 0.5) is 32.6 Å². The van der Waals surface area contributed by atoms with Crippen molar-refractivity contribution in [3.63, 3.8) is 0 Å². The highest BCUT2D eigenvalue weighted by molar-refractivity contribution is 6.60. The summed E-state index contributed by atoms with van der Waals surface area (Å²) < 4.78 is 86.1. The Labute approximate surface area is 186 Å². The number of benzene rings is 1. The van der Waals surface area contributed by atoms with Gasteiger partial charge < -0.3 is 13.3 Å². The van der Waals surface area contributed by atoms with Crippen LogP contribution < -0.4 is 5.12 Å². The molecule has 12 heteroatoms. The number of hydrogen-bond donors (Lipinski definition) is 0. The van der Waals surface area contributed by atoms with Gasteiger partial charge in [-0.1, -0.05) is 8.96 Å². The lowest BCUT2D eigenvalue weighted by molar-refractivity contribution is 0.00228. The Bertz CT molecular complexity index is 728. The van der Waals surface area contributed by atoms with Crippen molar-refractivity contribution in [2.75, 3.05) is 11.7 Å². The van der Waals surface area contributed by atoms with Crippen LogP contribution in [0.3, 0.4) is 0 Å². The summed E-state index contributed by atoms with van der Waals surface area (Å²) in [6.45, 7) is 10.5. The van der Waals surface area contributed by atoms with Gasteiger partial charge in [-0.25, -0.2) is 18.0 Å². The molecule has 0 heterocycles. The minimum Gasteiger partial charge on any atom is -0.371 e. The number of hydrogen-bond acceptors (Lipinski definition) is 4. The summed E-state index contributed by atoms with van der Waals surface area (Å²) in [6.07, 6.45) is -0.105. The van der Waals surface area contributed by atoms with E-state index in [1.165, 1.54) is 0 Å². The second kappa shape index (κ2) is 12.5. The standard InChI is InChI=1S/C20H31F5N2O4Si/c1-13(2)29-32(30-14(3)4,31-15(5)6)12-8-7-11-26(24)20(28)27(25)17-10-9-16(21)18(22)19(17)23/h9-10,13-15H,7-8,11-12H2,1-6H3. The molecular formula is C20H31F5N2O4Si. The van der Waals surface area contributed by atoms with E-state index in [9.17, 15) is 26.9 Å². The molecule has 0 saturated heterocycles. The van der Waals surface area contributed by atoms with Crippen LogP contribution in [0.25, 0.3) is 0 Å². The summed E-state index contributed by atoms with van der Waals surface area (Å²) >= 11 is 0. The van der Waals surface area contributed by atoms with Crippen LogP contribution in [-0.4, -0.2) is 44.8 Å². The first-order valence-electron chi connectivity index (χ1n) is 10.4. The summed E-state index contributed by atoms with van der Waals surface area (Å²) in [5.41, 5.74) is -1.23. The number of carbonyl (C=O) groups excluding carboxylic acids is 1. The molecule has 0 spiro atoms. The summed E-state index contributed by atoms with van der Waals surface area (Å²) in [4.78, 5) is 11.9. The zero-order valence-electron chi connectivity index (χ0n) is 19.1. The molecule has 1 aromatic carbocycles. The number of halogens is 5. The molecule has 2 amide bonds. The van der Waals surface area contributed by atoms with E-state index >= 15 is 0 Å². The van der Waals surface area contributed by atoms with E-state index in [1.54, 1.807) is 0 Å². The number of unbranched alkanes of at least 4 members (excludes halogenated alkanes) is 1. The Morgan fingerprint density at radius 3 is 1.84 bits per heavy atom. The van der Waals surface area contributed by atoms with E-state index in [-0.39, 0.29) is 24.7 Å². The van der Waals surface area contributed by atoms with Crippen LogP contribution in [0.15, 0.2) is 12.1 Å². The second-order valence-corrected chi connectivity index (χ2v) is 10.6. The van der Waals surface area contributed by atoms with Gasteiger partial charge in [0.05, 0.1) is 6.54 Å². The van der Waals surface area contributed by atoms with Gasteiger partial charge in [-0.15, -0.1) is 5.12 Å². The molecular weight excluding hydrogens is 455 g/mol. The third kappa shape index (κ3) is 8.30. The third-order valence-corrected chi connectivity index (χ3v) is 7.39. The number of anilines is 1. The summed E-state index contributed by atoms with van der Waals surface area (Å²) in [6, 6.07) is -0.609. The molecule has 1 aromatic rings. The van der Waals surface area contributed by atoms with Gasteiger partial charge in [0.25, 0.3) is 0 Å². The normalized spacial score (nSPS) is 12.2. The molecule has 0 N–H and O–H groups in total. The van der Waals surface area contributed by atoms with Crippen LogP contribution in [0, 0.1) is 17.5 Å². The number of urea groups is 1. The zero-order chi connectivity index (χ0) is 24.6. The van der Waals surface area contributed by atoms with Crippen LogP contribution in [0.5, 0.6) is 0 Å². The highest BCUT2D eigenvalue weighted by Crippen LogP contribution is 2.27. The maximum Gasteiger partial charge on any atom is 0.501 e. The molecule has 32 heavy (non-hydrogen) atoms. The van der Waals surface area contributed by atoms with Crippen molar-refractivity contribution < 1.29 is 40.2 Å². The molecule has 0 fully saturated rings. The monoisotopic (exact) mass is 486 g/mol. The number of amides is 2. The number of nitrogens with zero attached hydrogens (tertiary/aromatic N) is 2. The van der Waals surface area contributed by atoms with Crippen molar-refractivity contribution in [1.29, 1.82) is 0 Å². The van der Waals surface area contributed by atoms with Crippen molar-refractivity contribution in [2.45, 2.75) is 78.7 Å². The Balaban J connectivity index is 2.75. The van der Waals surface area contributed by atoms with Crippen molar-refractivity contribution in [1.82, 2.24) is 5.12 Å². The molecule has 0 aromatic heterocycles. The SMILES string of the molecule is CC(C)O[Si](CCCCN(F)C(=O)N(F)c1ccc(F)c(F)c1F)(OC(C)C)OC(C)C. The van der Waals surface area contributed by atoms with Crippen molar-refractivity contribution in [3.8, 4) is 0 Å². The first-order chi connectivity index (χ1) is 14.8. The summed E-state index contributed by atoms with van der Waals surface area (Å²) in [5, 5.41) is -1.39. The Hall–Kier alpha value is -1.76. The quantitative estimate of drug-likeness (QED) is 0.118. The molecule has 0 aliphatic rings. The maximum atomic E-state index is 14.1. The van der Waals surface area contributed by atoms with E-state index in [1.807, 2.05) is 41.5 Å². The lowest BCUT2D eigenvalue weighted by Gasteiger charge is -2.34. The van der Waals surface area contributed by atoms with Gasteiger partial charge >= 0.3 is 14.8 Å². The van der Waals surface area contributed by atoms with Crippen molar-refractivity contribution in [3.05, 3.63) is 29.6 Å². The molecule has 0 bridgehead atoms. The topological polar surface area (TPSA) is 51.2 Å². The van der Waals surface area contributed by atoms with Crippen LogP contribution in [0.1, 0.15) is 54.4 Å². The van der Waals surface area contributed by atoms with E-state index in [0.717, 1.165) is 0 Å². The molecule has 6 nitrogen and oxygen atoms in total. The van der Waals surface area contributed by atoms with Gasteiger partial charge in [0.15, 0.2) is 17.5 Å². The summed E-state index contributed by atoms with van der Waals surface area (Å²) in [5.74, 6) is -5.47. The van der Waals surface area contributed by atoms with Crippen molar-refractivity contribution >= 4 is 20.5 Å². The Morgan fingerprint density at radius 2 is 1.38 bits per heavy atom. The molecule has 0 aliphatic heterocycles. The maximum absolute atomic E-state index is 14.1. The van der Waals surface area contributed by atoms with Crippen LogP contribution in [-0.2, 0) is 13.3 Å². The fourth-order valence-corrected chi connectivity index (χ4v) is 6.25. The fourth-order valence-electron chi connectivity index (χ4n) is 2.89. The van der Waals surface area contributed by atoms with Crippen molar-refractivity contribution in [2.24, 2.45) is 0 Å². The predicted octanol–water partition coefficient (Wildman–Crippen LogP) is 6.10. The van der Waals surface area contributed by atoms with Gasteiger partial charge in [-0.2, -0.15) is 5.12 Å². The Morgan fingerprint density at radius 1 is 0.875 bits per heavy atom. The molecule has 0 atom stereocenters. The van der Waals surface area contributed by atoms with E-state index in [4.69, 9.17) is 13.3 Å². The average Bonchev–Trinajstić information content (AvgIpc) is 2.66. The molecule has 0 unspecified atom stereocenters. The van der Waals surface area contributed by atoms with Gasteiger partial charge in [0, 0.05) is 24.4 Å². The lowest BCUT2D eigenvalue weighted by Crippen LogP contribution is -2.50. The summed E-state index contributed by atoms with van der Waals surface area (Å²) in [7, 11) is -3.11. The predicted molar refractivity (Wildman–Crippen MR) is 112 cm³/mol. The van der Waals surface area contributed by atoms with Gasteiger partial charge in [-0.05, 0) is 66.5 Å². The zero-order valence-corrected chi connectivity index (χ0v) is 20.1. The second-order valence-electron chi connectivity index (χ2n) is 7.98. The van der Waals surface area contributed by atoms with E-state index in [2.05, 4.69) is 0 Å². The van der Waals surface area contributed by atoms with E-state index < -0.39 is 54.8 Å². The lowest BCUT2D eigenvalue weighted by atomic mass is 10.3. The van der Waals surface area contributed by atoms with Gasteiger partial charge in [0.2, 0.25) is 0 Å². The smallest absolute Gasteiger partial charge is 0.371 e. The Kier molecular flexibility index (Phi) is 11.0. The molecule has 0 saturated carbocycles. The molecule has 0 radical (unpaired) electrons. The van der Waals surface area contributed by atoms with Gasteiger partial charge in [0.1, 0.15) is 5.69 Å². The minimum atomic E-state index is -3.11.